The Morgan fingerprint density at radius 1 is 1.23 bits per heavy atom. The van der Waals surface area contributed by atoms with Gasteiger partial charge in [0.05, 0.1) is 0 Å². The zero-order valence-electron chi connectivity index (χ0n) is 13.7. The summed E-state index contributed by atoms with van der Waals surface area (Å²) in [5, 5.41) is 4.55. The Morgan fingerprint density at radius 3 is 2.45 bits per heavy atom. The van der Waals surface area contributed by atoms with Gasteiger partial charge in [0, 0.05) is 16.6 Å². The lowest BCUT2D eigenvalue weighted by molar-refractivity contribution is 0.425. The minimum absolute atomic E-state index is 0.0160. The molecule has 0 amide bonds. The van der Waals surface area contributed by atoms with Gasteiger partial charge in [-0.1, -0.05) is 41.9 Å². The predicted octanol–water partition coefficient (Wildman–Crippen LogP) is 4.47. The van der Waals surface area contributed by atoms with Gasteiger partial charge in [-0.2, -0.15) is 5.10 Å². The van der Waals surface area contributed by atoms with Crippen molar-refractivity contribution in [1.82, 2.24) is 14.8 Å². The fourth-order valence-electron chi connectivity index (χ4n) is 2.12. The maximum atomic E-state index is 10.3. The maximum absolute atomic E-state index is 10.3. The first-order chi connectivity index (χ1) is 10.2. The van der Waals surface area contributed by atoms with Crippen LogP contribution in [0.15, 0.2) is 35.1 Å². The Labute approximate surface area is 141 Å². The second kappa shape index (κ2) is 6.64. The molecule has 0 radical (unpaired) electrons. The molecule has 0 saturated heterocycles. The fraction of sp³-hybridized carbons (Fsp3) is 0.500. The smallest absolute Gasteiger partial charge is 0.188 e. The highest BCUT2D eigenvalue weighted by molar-refractivity contribution is 9.10. The average Bonchev–Trinajstić information content (AvgIpc) is 2.87. The second-order valence-electron chi connectivity index (χ2n) is 6.88. The van der Waals surface area contributed by atoms with Crippen LogP contribution in [-0.4, -0.2) is 27.9 Å². The summed E-state index contributed by atoms with van der Waals surface area (Å²) in [7, 11) is -2.13. The van der Waals surface area contributed by atoms with E-state index in [1.807, 2.05) is 42.0 Å². The third kappa shape index (κ3) is 4.27. The molecule has 0 unspecified atom stereocenters. The van der Waals surface area contributed by atoms with Crippen molar-refractivity contribution in [2.24, 2.45) is 0 Å². The molecule has 0 bridgehead atoms. The summed E-state index contributed by atoms with van der Waals surface area (Å²) in [5.41, 5.74) is 1.02. The SMILES string of the molecule is CC(C)(CCCn1cnc(-c2ccc(Br)cc2)n1)[Si](C)(C)O. The molecule has 120 valence electrons. The number of rotatable bonds is 6. The topological polar surface area (TPSA) is 50.9 Å². The molecular formula is C16H24BrN3OSi. The van der Waals surface area contributed by atoms with Gasteiger partial charge in [-0.25, -0.2) is 4.98 Å². The zero-order chi connectivity index (χ0) is 16.4. The molecule has 0 atom stereocenters. The maximum Gasteiger partial charge on any atom is 0.188 e. The number of hydrogen-bond acceptors (Lipinski definition) is 3. The predicted molar refractivity (Wildman–Crippen MR) is 96.1 cm³/mol. The molecule has 1 N–H and O–H groups in total. The molecule has 6 heteroatoms. The number of hydrogen-bond donors (Lipinski definition) is 1. The van der Waals surface area contributed by atoms with Gasteiger partial charge in [-0.05, 0) is 43.1 Å². The molecule has 1 aromatic heterocycles. The van der Waals surface area contributed by atoms with Crippen LogP contribution >= 0.6 is 15.9 Å². The summed E-state index contributed by atoms with van der Waals surface area (Å²) in [6.07, 6.45) is 3.77. The molecule has 0 fully saturated rings. The van der Waals surface area contributed by atoms with E-state index in [-0.39, 0.29) is 5.04 Å². The quantitative estimate of drug-likeness (QED) is 0.751. The van der Waals surface area contributed by atoms with Crippen molar-refractivity contribution in [2.75, 3.05) is 0 Å². The largest absolute Gasteiger partial charge is 0.432 e. The highest BCUT2D eigenvalue weighted by Crippen LogP contribution is 2.39. The zero-order valence-corrected chi connectivity index (χ0v) is 16.3. The van der Waals surface area contributed by atoms with E-state index in [2.05, 4.69) is 39.9 Å². The minimum Gasteiger partial charge on any atom is -0.432 e. The first-order valence-corrected chi connectivity index (χ1v) is 11.3. The van der Waals surface area contributed by atoms with Gasteiger partial charge in [-0.3, -0.25) is 4.68 Å². The van der Waals surface area contributed by atoms with Gasteiger partial charge in [0.2, 0.25) is 0 Å². The van der Waals surface area contributed by atoms with Crippen molar-refractivity contribution in [2.45, 2.75) is 51.4 Å². The van der Waals surface area contributed by atoms with Crippen LogP contribution in [0.3, 0.4) is 0 Å². The monoisotopic (exact) mass is 381 g/mol. The lowest BCUT2D eigenvalue weighted by atomic mass is 10.1. The molecule has 0 saturated carbocycles. The Balaban J connectivity index is 1.94. The Kier molecular flexibility index (Phi) is 5.24. The third-order valence-corrected chi connectivity index (χ3v) is 8.58. The molecule has 0 aliphatic heterocycles. The summed E-state index contributed by atoms with van der Waals surface area (Å²) >= 11 is 3.43. The molecule has 0 aliphatic rings. The van der Waals surface area contributed by atoms with Crippen LogP contribution < -0.4 is 0 Å². The lowest BCUT2D eigenvalue weighted by Gasteiger charge is -2.35. The summed E-state index contributed by atoms with van der Waals surface area (Å²) in [6, 6.07) is 8.00. The number of benzene rings is 1. The summed E-state index contributed by atoms with van der Waals surface area (Å²) in [4.78, 5) is 14.7. The fourth-order valence-corrected chi connectivity index (χ4v) is 3.18. The third-order valence-electron chi connectivity index (χ3n) is 4.48. The van der Waals surface area contributed by atoms with Gasteiger partial charge < -0.3 is 4.80 Å². The minimum atomic E-state index is -2.13. The van der Waals surface area contributed by atoms with Crippen LogP contribution in [0.4, 0.5) is 0 Å². The number of nitrogens with zero attached hydrogens (tertiary/aromatic N) is 3. The van der Waals surface area contributed by atoms with Crippen molar-refractivity contribution >= 4 is 24.2 Å². The van der Waals surface area contributed by atoms with Crippen molar-refractivity contribution in [3.8, 4) is 11.4 Å². The molecule has 22 heavy (non-hydrogen) atoms. The molecule has 1 aromatic carbocycles. The van der Waals surface area contributed by atoms with E-state index in [1.54, 1.807) is 6.33 Å². The lowest BCUT2D eigenvalue weighted by Crippen LogP contribution is -2.39. The number of aryl methyl sites for hydroxylation is 1. The first-order valence-electron chi connectivity index (χ1n) is 7.57. The molecule has 0 spiro atoms. The van der Waals surface area contributed by atoms with Gasteiger partial charge in [-0.15, -0.1) is 0 Å². The molecule has 2 aromatic rings. The van der Waals surface area contributed by atoms with Crippen LogP contribution in [0.25, 0.3) is 11.4 Å². The van der Waals surface area contributed by atoms with E-state index in [0.717, 1.165) is 35.2 Å². The van der Waals surface area contributed by atoms with Crippen molar-refractivity contribution < 1.29 is 4.80 Å². The normalized spacial score (nSPS) is 12.6. The molecule has 2 rings (SSSR count). The second-order valence-corrected chi connectivity index (χ2v) is 12.3. The van der Waals surface area contributed by atoms with E-state index in [1.165, 1.54) is 0 Å². The van der Waals surface area contributed by atoms with Crippen LogP contribution in [0.5, 0.6) is 0 Å². The molecular weight excluding hydrogens is 358 g/mol. The standard InChI is InChI=1S/C16H24BrN3OSi/c1-16(2,22(3,4)21)10-5-11-20-12-18-15(19-20)13-6-8-14(17)9-7-13/h6-9,12,21H,5,10-11H2,1-4H3. The van der Waals surface area contributed by atoms with Crippen LogP contribution in [0, 0.1) is 0 Å². The Morgan fingerprint density at radius 2 is 1.86 bits per heavy atom. The van der Waals surface area contributed by atoms with E-state index in [9.17, 15) is 4.80 Å². The van der Waals surface area contributed by atoms with Crippen LogP contribution in [0.1, 0.15) is 26.7 Å². The van der Waals surface area contributed by atoms with Gasteiger partial charge in [0.1, 0.15) is 6.33 Å². The van der Waals surface area contributed by atoms with E-state index < -0.39 is 8.32 Å². The van der Waals surface area contributed by atoms with Crippen LogP contribution in [-0.2, 0) is 6.54 Å². The highest BCUT2D eigenvalue weighted by Gasteiger charge is 2.37. The van der Waals surface area contributed by atoms with E-state index >= 15 is 0 Å². The highest BCUT2D eigenvalue weighted by atomic mass is 79.9. The van der Waals surface area contributed by atoms with E-state index in [0.29, 0.717) is 0 Å². The number of halogens is 1. The number of aromatic nitrogens is 3. The Bertz CT molecular complexity index is 617. The summed E-state index contributed by atoms with van der Waals surface area (Å²) in [6.45, 7) is 9.17. The van der Waals surface area contributed by atoms with Gasteiger partial charge in [0.25, 0.3) is 0 Å². The molecule has 4 nitrogen and oxygen atoms in total. The summed E-state index contributed by atoms with van der Waals surface area (Å²) in [5.74, 6) is 0.753. The average molecular weight is 382 g/mol. The molecule has 0 aliphatic carbocycles. The van der Waals surface area contributed by atoms with Crippen molar-refractivity contribution in [3.63, 3.8) is 0 Å². The van der Waals surface area contributed by atoms with Crippen LogP contribution in [0.2, 0.25) is 18.1 Å². The van der Waals surface area contributed by atoms with Gasteiger partial charge in [0.15, 0.2) is 14.1 Å². The van der Waals surface area contributed by atoms with Crippen molar-refractivity contribution in [3.05, 3.63) is 35.1 Å². The van der Waals surface area contributed by atoms with E-state index in [4.69, 9.17) is 0 Å². The summed E-state index contributed by atoms with van der Waals surface area (Å²) < 4.78 is 2.94. The van der Waals surface area contributed by atoms with Gasteiger partial charge >= 0.3 is 0 Å². The van der Waals surface area contributed by atoms with Crippen molar-refractivity contribution in [1.29, 1.82) is 0 Å². The first kappa shape index (κ1) is 17.4. The Hall–Kier alpha value is -0.983. The molecule has 1 heterocycles.